The fraction of sp³-hybridized carbons (Fsp3) is 0.618. The van der Waals surface area contributed by atoms with Gasteiger partial charge in [0.1, 0.15) is 10.7 Å². The Kier molecular flexibility index (Phi) is 15.0. The molecule has 0 bridgehead atoms. The quantitative estimate of drug-likeness (QED) is 0.169. The van der Waals surface area contributed by atoms with E-state index < -0.39 is 35.5 Å². The lowest BCUT2D eigenvalue weighted by molar-refractivity contribution is -0.147. The summed E-state index contributed by atoms with van der Waals surface area (Å²) < 4.78 is 5.79. The number of benzene rings is 1. The minimum absolute atomic E-state index is 0.0762. The topological polar surface area (TPSA) is 138 Å². The molecule has 2 aromatic rings. The molecule has 45 heavy (non-hydrogen) atoms. The molecule has 250 valence electrons. The second kappa shape index (κ2) is 17.9. The number of carbonyl (C=O) groups excluding carboxylic acids is 3. The smallest absolute Gasteiger partial charge is 0.407 e. The molecule has 2 rings (SSSR count). The predicted molar refractivity (Wildman–Crippen MR) is 177 cm³/mol. The van der Waals surface area contributed by atoms with Crippen molar-refractivity contribution in [2.24, 2.45) is 17.3 Å². The summed E-state index contributed by atoms with van der Waals surface area (Å²) in [5.41, 5.74) is 0.0712. The first kappa shape index (κ1) is 37.7. The van der Waals surface area contributed by atoms with Crippen LogP contribution in [0.25, 0.3) is 0 Å². The first-order chi connectivity index (χ1) is 21.2. The van der Waals surface area contributed by atoms with E-state index in [9.17, 15) is 24.3 Å². The number of thiazole rings is 1. The Morgan fingerprint density at radius 2 is 1.76 bits per heavy atom. The molecular formula is C34H52N4O6S. The molecule has 0 saturated heterocycles. The molecule has 3 N–H and O–H groups in total. The van der Waals surface area contributed by atoms with Crippen LogP contribution in [0.15, 0.2) is 35.7 Å². The number of carboxylic acids is 1. The van der Waals surface area contributed by atoms with Crippen molar-refractivity contribution in [1.82, 2.24) is 20.5 Å². The summed E-state index contributed by atoms with van der Waals surface area (Å²) in [4.78, 5) is 57.7. The van der Waals surface area contributed by atoms with Gasteiger partial charge in [-0.2, -0.15) is 0 Å². The lowest BCUT2D eigenvalue weighted by Crippen LogP contribution is -2.45. The number of nitrogens with one attached hydrogen (secondary N) is 2. The summed E-state index contributed by atoms with van der Waals surface area (Å²) >= 11 is 1.21. The molecule has 4 atom stereocenters. The zero-order valence-corrected chi connectivity index (χ0v) is 28.9. The number of aromatic nitrogens is 1. The number of aliphatic carboxylic acids is 1. The van der Waals surface area contributed by atoms with Crippen LogP contribution in [-0.4, -0.2) is 64.5 Å². The maximum atomic E-state index is 13.5. The molecular weight excluding hydrogens is 592 g/mol. The standard InChI is InChI=1S/C34H52N4O6S/c1-9-16-38(29(39)17-23(5)10-2)27(22(3)4)19-28(44-33(43)35-8)31-37-26(21-45-31)30(40)36-25(20-34(6,7)32(41)42)18-24-14-12-11-13-15-24/h11-15,21-23,25,27-28H,9-10,16-20H2,1-8H3,(H,35,43)(H,36,40)(H,41,42)/t23-,25-,27+,28+/m0/s1. The van der Waals surface area contributed by atoms with Gasteiger partial charge in [-0.1, -0.05) is 71.4 Å². The van der Waals surface area contributed by atoms with Crippen LogP contribution < -0.4 is 10.6 Å². The van der Waals surface area contributed by atoms with Gasteiger partial charge >= 0.3 is 12.1 Å². The molecule has 0 spiro atoms. The molecule has 3 amide bonds. The summed E-state index contributed by atoms with van der Waals surface area (Å²) in [6.07, 6.45) is 1.74. The minimum Gasteiger partial charge on any atom is -0.481 e. The van der Waals surface area contributed by atoms with Crippen LogP contribution >= 0.6 is 11.3 Å². The van der Waals surface area contributed by atoms with Crippen LogP contribution in [0.2, 0.25) is 0 Å². The number of hydrogen-bond acceptors (Lipinski definition) is 7. The van der Waals surface area contributed by atoms with Crippen molar-refractivity contribution in [2.75, 3.05) is 13.6 Å². The van der Waals surface area contributed by atoms with Crippen molar-refractivity contribution in [3.05, 3.63) is 52.0 Å². The molecule has 0 saturated carbocycles. The molecule has 0 unspecified atom stereocenters. The molecule has 10 nitrogen and oxygen atoms in total. The first-order valence-corrected chi connectivity index (χ1v) is 16.8. The normalized spacial score (nSPS) is 14.2. The zero-order chi connectivity index (χ0) is 33.7. The Labute approximate surface area is 272 Å². The molecule has 11 heteroatoms. The molecule has 0 fully saturated rings. The van der Waals surface area contributed by atoms with Gasteiger partial charge in [0.05, 0.1) is 5.41 Å². The highest BCUT2D eigenvalue weighted by Gasteiger charge is 2.34. The fourth-order valence-corrected chi connectivity index (χ4v) is 6.06. The van der Waals surface area contributed by atoms with Gasteiger partial charge in [-0.25, -0.2) is 9.78 Å². The van der Waals surface area contributed by atoms with E-state index in [0.29, 0.717) is 30.8 Å². The molecule has 0 aliphatic carbocycles. The van der Waals surface area contributed by atoms with Crippen molar-refractivity contribution >= 4 is 35.2 Å². The van der Waals surface area contributed by atoms with E-state index in [1.807, 2.05) is 56.0 Å². The Morgan fingerprint density at radius 3 is 2.31 bits per heavy atom. The van der Waals surface area contributed by atoms with Gasteiger partial charge in [-0.15, -0.1) is 11.3 Å². The van der Waals surface area contributed by atoms with Crippen LogP contribution in [0.3, 0.4) is 0 Å². The van der Waals surface area contributed by atoms with Gasteiger partial charge in [0, 0.05) is 43.9 Å². The van der Waals surface area contributed by atoms with E-state index in [1.165, 1.54) is 18.4 Å². The van der Waals surface area contributed by atoms with Crippen molar-refractivity contribution in [3.63, 3.8) is 0 Å². The minimum atomic E-state index is -1.06. The Hall–Kier alpha value is -3.47. The van der Waals surface area contributed by atoms with E-state index in [1.54, 1.807) is 19.2 Å². The number of hydrogen-bond donors (Lipinski definition) is 3. The van der Waals surface area contributed by atoms with Crippen molar-refractivity contribution < 1.29 is 29.0 Å². The van der Waals surface area contributed by atoms with Gasteiger partial charge < -0.3 is 25.4 Å². The molecule has 0 aliphatic heterocycles. The van der Waals surface area contributed by atoms with Crippen LogP contribution in [0, 0.1) is 17.3 Å². The van der Waals surface area contributed by atoms with Gasteiger partial charge in [-0.3, -0.25) is 14.4 Å². The number of alkyl carbamates (subject to hydrolysis) is 1. The van der Waals surface area contributed by atoms with Crippen LogP contribution in [-0.2, 0) is 20.7 Å². The molecule has 0 radical (unpaired) electrons. The molecule has 1 heterocycles. The van der Waals surface area contributed by atoms with Crippen molar-refractivity contribution in [1.29, 1.82) is 0 Å². The van der Waals surface area contributed by atoms with Gasteiger partial charge in [0.15, 0.2) is 6.10 Å². The number of carboxylic acid groups (broad SMARTS) is 1. The average Bonchev–Trinajstić information content (AvgIpc) is 3.48. The van der Waals surface area contributed by atoms with Gasteiger partial charge in [0.25, 0.3) is 5.91 Å². The largest absolute Gasteiger partial charge is 0.481 e. The van der Waals surface area contributed by atoms with Crippen LogP contribution in [0.4, 0.5) is 4.79 Å². The molecule has 0 aliphatic rings. The number of carbonyl (C=O) groups is 4. The third-order valence-corrected chi connectivity index (χ3v) is 9.05. The highest BCUT2D eigenvalue weighted by atomic mass is 32.1. The Bertz CT molecular complexity index is 1250. The average molecular weight is 645 g/mol. The monoisotopic (exact) mass is 644 g/mol. The van der Waals surface area contributed by atoms with E-state index in [-0.39, 0.29) is 35.9 Å². The molecule has 1 aromatic heterocycles. The fourth-order valence-electron chi connectivity index (χ4n) is 5.22. The Morgan fingerprint density at radius 1 is 1.09 bits per heavy atom. The summed E-state index contributed by atoms with van der Waals surface area (Å²) in [6, 6.07) is 8.91. The summed E-state index contributed by atoms with van der Waals surface area (Å²) in [5.74, 6) is -0.965. The second-order valence-electron chi connectivity index (χ2n) is 12.8. The van der Waals surface area contributed by atoms with Gasteiger partial charge in [-0.05, 0) is 50.5 Å². The lowest BCUT2D eigenvalue weighted by Gasteiger charge is -2.36. The summed E-state index contributed by atoms with van der Waals surface area (Å²) in [6.45, 7) is 14.1. The third kappa shape index (κ3) is 11.8. The SMILES string of the molecule is CCCN(C(=O)C[C@@H](C)CC)[C@H](C[C@@H](OC(=O)NC)c1nc(C(=O)N[C@@H](Cc2ccccc2)CC(C)(C)C(=O)O)cs1)C(C)C. The summed E-state index contributed by atoms with van der Waals surface area (Å²) in [7, 11) is 1.48. The van der Waals surface area contributed by atoms with E-state index in [0.717, 1.165) is 18.4 Å². The number of amides is 3. The zero-order valence-electron chi connectivity index (χ0n) is 28.1. The second-order valence-corrected chi connectivity index (χ2v) is 13.7. The first-order valence-electron chi connectivity index (χ1n) is 15.9. The van der Waals surface area contributed by atoms with Crippen LogP contribution in [0.1, 0.15) is 108 Å². The van der Waals surface area contributed by atoms with Gasteiger partial charge in [0.2, 0.25) is 5.91 Å². The highest BCUT2D eigenvalue weighted by molar-refractivity contribution is 7.09. The highest BCUT2D eigenvalue weighted by Crippen LogP contribution is 2.32. The van der Waals surface area contributed by atoms with Crippen molar-refractivity contribution in [3.8, 4) is 0 Å². The lowest BCUT2D eigenvalue weighted by atomic mass is 9.84. The van der Waals surface area contributed by atoms with Crippen LogP contribution in [0.5, 0.6) is 0 Å². The van der Waals surface area contributed by atoms with E-state index in [4.69, 9.17) is 4.74 Å². The number of rotatable bonds is 18. The maximum Gasteiger partial charge on any atom is 0.407 e. The molecule has 1 aromatic carbocycles. The predicted octanol–water partition coefficient (Wildman–Crippen LogP) is 6.47. The Balaban J connectivity index is 2.36. The number of ether oxygens (including phenoxy) is 1. The van der Waals surface area contributed by atoms with E-state index >= 15 is 0 Å². The number of nitrogens with zero attached hydrogens (tertiary/aromatic N) is 2. The van der Waals surface area contributed by atoms with E-state index in [2.05, 4.69) is 29.5 Å². The van der Waals surface area contributed by atoms with Crippen molar-refractivity contribution in [2.45, 2.75) is 105 Å². The summed E-state index contributed by atoms with van der Waals surface area (Å²) in [5, 5.41) is 17.3. The third-order valence-electron chi connectivity index (χ3n) is 8.11. The maximum absolute atomic E-state index is 13.5.